The minimum absolute atomic E-state index is 0.0539. The molecule has 0 unspecified atom stereocenters. The van der Waals surface area contributed by atoms with Crippen LogP contribution in [0.2, 0.25) is 0 Å². The van der Waals surface area contributed by atoms with E-state index in [0.717, 1.165) is 23.6 Å². The van der Waals surface area contributed by atoms with Crippen LogP contribution in [-0.4, -0.2) is 31.2 Å². The van der Waals surface area contributed by atoms with Crippen LogP contribution in [0.1, 0.15) is 34.2 Å². The molecule has 0 saturated carbocycles. The molecular weight excluding hydrogens is 436 g/mol. The van der Waals surface area contributed by atoms with E-state index in [9.17, 15) is 4.79 Å². The molecule has 0 saturated heterocycles. The van der Waals surface area contributed by atoms with Gasteiger partial charge >= 0.3 is 0 Å². The summed E-state index contributed by atoms with van der Waals surface area (Å²) in [7, 11) is 3.30. The van der Waals surface area contributed by atoms with Crippen LogP contribution in [0.5, 0.6) is 11.5 Å². The van der Waals surface area contributed by atoms with Gasteiger partial charge in [0, 0.05) is 36.6 Å². The number of para-hydroxylation sites is 1. The Bertz CT molecular complexity index is 1320. The molecule has 1 N–H and O–H groups in total. The first-order valence-electron chi connectivity index (χ1n) is 12.1. The molecule has 1 amide bonds. The van der Waals surface area contributed by atoms with Crippen molar-refractivity contribution in [2.75, 3.05) is 20.8 Å². The Balaban J connectivity index is 1.39. The average molecular weight is 471 g/mol. The van der Waals surface area contributed by atoms with Gasteiger partial charge in [-0.1, -0.05) is 42.0 Å². The van der Waals surface area contributed by atoms with Crippen molar-refractivity contribution in [2.24, 2.45) is 0 Å². The number of rotatable bonds is 10. The number of nitrogens with one attached hydrogen (secondary N) is 1. The van der Waals surface area contributed by atoms with Gasteiger partial charge in [0.15, 0.2) is 0 Å². The molecule has 5 heteroatoms. The number of benzene rings is 3. The van der Waals surface area contributed by atoms with Crippen molar-refractivity contribution in [1.82, 2.24) is 9.88 Å². The molecular formula is C30H34N2O3. The first kappa shape index (κ1) is 24.4. The molecule has 35 heavy (non-hydrogen) atoms. The highest BCUT2D eigenvalue weighted by molar-refractivity contribution is 5.85. The normalized spacial score (nSPS) is 11.0. The molecule has 4 rings (SSSR count). The van der Waals surface area contributed by atoms with Crippen LogP contribution in [0, 0.1) is 13.8 Å². The van der Waals surface area contributed by atoms with Gasteiger partial charge in [0.2, 0.25) is 5.91 Å². The zero-order valence-corrected chi connectivity index (χ0v) is 21.1. The van der Waals surface area contributed by atoms with Gasteiger partial charge < -0.3 is 19.4 Å². The summed E-state index contributed by atoms with van der Waals surface area (Å²) in [5.74, 6) is 1.64. The van der Waals surface area contributed by atoms with E-state index >= 15 is 0 Å². The summed E-state index contributed by atoms with van der Waals surface area (Å²) in [6.07, 6.45) is 4.05. The molecule has 1 heterocycles. The van der Waals surface area contributed by atoms with Crippen molar-refractivity contribution in [3.05, 3.63) is 94.7 Å². The van der Waals surface area contributed by atoms with Crippen LogP contribution < -0.4 is 14.8 Å². The minimum atomic E-state index is 0.0539. The van der Waals surface area contributed by atoms with Crippen LogP contribution >= 0.6 is 0 Å². The fourth-order valence-electron chi connectivity index (χ4n) is 4.56. The lowest BCUT2D eigenvalue weighted by Crippen LogP contribution is -2.26. The maximum atomic E-state index is 12.6. The third kappa shape index (κ3) is 5.86. The first-order chi connectivity index (χ1) is 17.0. The van der Waals surface area contributed by atoms with Crippen molar-refractivity contribution < 1.29 is 14.3 Å². The predicted molar refractivity (Wildman–Crippen MR) is 142 cm³/mol. The maximum Gasteiger partial charge on any atom is 0.220 e. The highest BCUT2D eigenvalue weighted by Gasteiger charge is 2.12. The Kier molecular flexibility index (Phi) is 7.76. The van der Waals surface area contributed by atoms with Crippen molar-refractivity contribution in [3.63, 3.8) is 0 Å². The first-order valence-corrected chi connectivity index (χ1v) is 12.1. The lowest BCUT2D eigenvalue weighted by Gasteiger charge is -2.11. The third-order valence-corrected chi connectivity index (χ3v) is 6.54. The Morgan fingerprint density at radius 1 is 0.886 bits per heavy atom. The van der Waals surface area contributed by atoms with E-state index in [2.05, 4.69) is 72.4 Å². The Labute approximate surface area is 207 Å². The van der Waals surface area contributed by atoms with Gasteiger partial charge in [-0.3, -0.25) is 4.79 Å². The molecule has 3 aromatic carbocycles. The third-order valence-electron chi connectivity index (χ3n) is 6.54. The van der Waals surface area contributed by atoms with Gasteiger partial charge in [-0.25, -0.2) is 0 Å². The smallest absolute Gasteiger partial charge is 0.220 e. The zero-order valence-electron chi connectivity index (χ0n) is 21.1. The quantitative estimate of drug-likeness (QED) is 0.328. The largest absolute Gasteiger partial charge is 0.497 e. The van der Waals surface area contributed by atoms with Crippen LogP contribution in [0.15, 0.2) is 66.9 Å². The molecule has 5 nitrogen and oxygen atoms in total. The predicted octanol–water partition coefficient (Wildman–Crippen LogP) is 5.62. The number of ether oxygens (including phenoxy) is 2. The van der Waals surface area contributed by atoms with E-state index in [0.29, 0.717) is 25.8 Å². The number of amides is 1. The molecule has 0 aliphatic heterocycles. The second-order valence-corrected chi connectivity index (χ2v) is 9.01. The highest BCUT2D eigenvalue weighted by Crippen LogP contribution is 2.25. The van der Waals surface area contributed by atoms with Crippen LogP contribution in [-0.2, 0) is 24.2 Å². The molecule has 0 radical (unpaired) electrons. The van der Waals surface area contributed by atoms with E-state index in [1.54, 1.807) is 14.2 Å². The van der Waals surface area contributed by atoms with Crippen molar-refractivity contribution in [2.45, 2.75) is 39.7 Å². The SMILES string of the molecule is COc1ccc(OC)c(CCNC(=O)CCc2cn(Cc3cc(C)ccc3C)c3ccccc23)c1. The molecule has 0 atom stereocenters. The van der Waals surface area contributed by atoms with Crippen molar-refractivity contribution in [1.29, 1.82) is 0 Å². The van der Waals surface area contributed by atoms with Gasteiger partial charge in [-0.05, 0) is 73.2 Å². The Morgan fingerprint density at radius 2 is 1.71 bits per heavy atom. The minimum Gasteiger partial charge on any atom is -0.497 e. The Morgan fingerprint density at radius 3 is 2.51 bits per heavy atom. The van der Waals surface area contributed by atoms with E-state index in [1.807, 2.05) is 18.2 Å². The maximum absolute atomic E-state index is 12.6. The molecule has 4 aromatic rings. The fourth-order valence-corrected chi connectivity index (χ4v) is 4.56. The molecule has 0 aliphatic carbocycles. The number of hydrogen-bond donors (Lipinski definition) is 1. The number of fused-ring (bicyclic) bond motifs is 1. The topological polar surface area (TPSA) is 52.5 Å². The number of carbonyl (C=O) groups is 1. The van der Waals surface area contributed by atoms with Crippen molar-refractivity contribution in [3.8, 4) is 11.5 Å². The molecule has 0 bridgehead atoms. The lowest BCUT2D eigenvalue weighted by atomic mass is 10.1. The van der Waals surface area contributed by atoms with E-state index in [-0.39, 0.29) is 5.91 Å². The number of aromatic nitrogens is 1. The van der Waals surface area contributed by atoms with E-state index < -0.39 is 0 Å². The van der Waals surface area contributed by atoms with Gasteiger partial charge in [0.05, 0.1) is 14.2 Å². The molecule has 182 valence electrons. The summed E-state index contributed by atoms with van der Waals surface area (Å²) in [6, 6.07) is 20.8. The van der Waals surface area contributed by atoms with Crippen LogP contribution in [0.3, 0.4) is 0 Å². The molecule has 0 fully saturated rings. The summed E-state index contributed by atoms with van der Waals surface area (Å²) in [5.41, 5.74) is 7.31. The van der Waals surface area contributed by atoms with Crippen molar-refractivity contribution >= 4 is 16.8 Å². The lowest BCUT2D eigenvalue weighted by molar-refractivity contribution is -0.121. The fraction of sp³-hybridized carbons (Fsp3) is 0.300. The standard InChI is InChI=1S/C30H34N2O3/c1-21-9-10-22(2)25(17-21)20-32-19-24(27-7-5-6-8-28(27)32)11-14-30(33)31-16-15-23-18-26(34-3)12-13-29(23)35-4/h5-10,12-13,17-19H,11,14-16,20H2,1-4H3,(H,31,33). The second-order valence-electron chi connectivity index (χ2n) is 9.01. The second kappa shape index (κ2) is 11.1. The van der Waals surface area contributed by atoms with Gasteiger partial charge in [-0.15, -0.1) is 0 Å². The summed E-state index contributed by atoms with van der Waals surface area (Å²) >= 11 is 0. The molecule has 0 aliphatic rings. The zero-order chi connectivity index (χ0) is 24.8. The van der Waals surface area contributed by atoms with Crippen LogP contribution in [0.25, 0.3) is 10.9 Å². The summed E-state index contributed by atoms with van der Waals surface area (Å²) < 4.78 is 13.1. The summed E-state index contributed by atoms with van der Waals surface area (Å²) in [5, 5.41) is 4.27. The Hall–Kier alpha value is -3.73. The van der Waals surface area contributed by atoms with Crippen LogP contribution in [0.4, 0.5) is 0 Å². The number of aryl methyl sites for hydroxylation is 3. The summed E-state index contributed by atoms with van der Waals surface area (Å²) in [4.78, 5) is 12.6. The van der Waals surface area contributed by atoms with Gasteiger partial charge in [-0.2, -0.15) is 0 Å². The summed E-state index contributed by atoms with van der Waals surface area (Å²) in [6.45, 7) is 5.66. The molecule has 0 spiro atoms. The number of hydrogen-bond acceptors (Lipinski definition) is 3. The monoisotopic (exact) mass is 470 g/mol. The van der Waals surface area contributed by atoms with Gasteiger partial charge in [0.25, 0.3) is 0 Å². The number of nitrogens with zero attached hydrogens (tertiary/aromatic N) is 1. The molecule has 1 aromatic heterocycles. The van der Waals surface area contributed by atoms with E-state index in [1.165, 1.54) is 33.2 Å². The number of methoxy groups -OCH3 is 2. The average Bonchev–Trinajstić information content (AvgIpc) is 3.22. The highest BCUT2D eigenvalue weighted by atomic mass is 16.5. The van der Waals surface area contributed by atoms with Gasteiger partial charge in [0.1, 0.15) is 11.5 Å². The number of carbonyl (C=O) groups excluding carboxylic acids is 1. The van der Waals surface area contributed by atoms with E-state index in [4.69, 9.17) is 9.47 Å².